The van der Waals surface area contributed by atoms with Gasteiger partial charge in [0.15, 0.2) is 0 Å². The van der Waals surface area contributed by atoms with E-state index in [1.165, 1.54) is 0 Å². The van der Waals surface area contributed by atoms with E-state index in [9.17, 15) is 9.90 Å². The number of carbonyl (C=O) groups excluding carboxylic acids is 1. The zero-order valence-corrected chi connectivity index (χ0v) is 12.1. The Labute approximate surface area is 114 Å². The van der Waals surface area contributed by atoms with Gasteiger partial charge in [0.25, 0.3) is 0 Å². The fourth-order valence-corrected chi connectivity index (χ4v) is 1.93. The van der Waals surface area contributed by atoms with Crippen LogP contribution >= 0.6 is 0 Å². The summed E-state index contributed by atoms with van der Waals surface area (Å²) in [7, 11) is 1.59. The molecule has 0 aromatic heterocycles. The standard InChI is InChI=1S/C15H23NO3/c1-5-11(10-17)16-14(18)15(2,3)12-8-6-7-9-13(12)19-4/h6-9,11,17H,5,10H2,1-4H3,(H,16,18). The van der Waals surface area contributed by atoms with Gasteiger partial charge in [-0.3, -0.25) is 4.79 Å². The smallest absolute Gasteiger partial charge is 0.230 e. The maximum absolute atomic E-state index is 12.4. The number of nitrogens with one attached hydrogen (secondary N) is 1. The number of aliphatic hydroxyl groups excluding tert-OH is 1. The first kappa shape index (κ1) is 15.5. The Morgan fingerprint density at radius 2 is 2.05 bits per heavy atom. The zero-order valence-electron chi connectivity index (χ0n) is 12.1. The van der Waals surface area contributed by atoms with Crippen LogP contribution < -0.4 is 10.1 Å². The number of ether oxygens (including phenoxy) is 1. The highest BCUT2D eigenvalue weighted by atomic mass is 16.5. The summed E-state index contributed by atoms with van der Waals surface area (Å²) in [5.74, 6) is 0.581. The Kier molecular flexibility index (Phi) is 5.36. The van der Waals surface area contributed by atoms with Crippen LogP contribution in [0.3, 0.4) is 0 Å². The van der Waals surface area contributed by atoms with E-state index in [2.05, 4.69) is 5.32 Å². The Bertz CT molecular complexity index is 425. The molecule has 1 rings (SSSR count). The lowest BCUT2D eigenvalue weighted by Gasteiger charge is -2.28. The van der Waals surface area contributed by atoms with E-state index in [-0.39, 0.29) is 18.6 Å². The van der Waals surface area contributed by atoms with Crippen LogP contribution in [0.4, 0.5) is 0 Å². The summed E-state index contributed by atoms with van der Waals surface area (Å²) in [6.45, 7) is 5.58. The number of para-hydroxylation sites is 1. The SMILES string of the molecule is CCC(CO)NC(=O)C(C)(C)c1ccccc1OC. The fourth-order valence-electron chi connectivity index (χ4n) is 1.93. The summed E-state index contributed by atoms with van der Waals surface area (Å²) in [6.07, 6.45) is 0.699. The quantitative estimate of drug-likeness (QED) is 0.825. The van der Waals surface area contributed by atoms with Crippen molar-refractivity contribution in [2.45, 2.75) is 38.6 Å². The van der Waals surface area contributed by atoms with E-state index in [1.807, 2.05) is 45.0 Å². The minimum atomic E-state index is -0.713. The molecule has 4 heteroatoms. The molecule has 0 radical (unpaired) electrons. The van der Waals surface area contributed by atoms with Crippen LogP contribution in [0.5, 0.6) is 5.75 Å². The van der Waals surface area contributed by atoms with Crippen molar-refractivity contribution in [3.05, 3.63) is 29.8 Å². The van der Waals surface area contributed by atoms with E-state index in [0.29, 0.717) is 12.2 Å². The molecule has 1 aromatic carbocycles. The van der Waals surface area contributed by atoms with Crippen molar-refractivity contribution in [1.29, 1.82) is 0 Å². The van der Waals surface area contributed by atoms with E-state index in [4.69, 9.17) is 4.74 Å². The molecule has 106 valence electrons. The summed E-state index contributed by atoms with van der Waals surface area (Å²) in [5.41, 5.74) is 0.123. The third-order valence-electron chi connectivity index (χ3n) is 3.40. The van der Waals surface area contributed by atoms with Crippen molar-refractivity contribution < 1.29 is 14.6 Å². The van der Waals surface area contributed by atoms with Gasteiger partial charge >= 0.3 is 0 Å². The van der Waals surface area contributed by atoms with Gasteiger partial charge in [-0.25, -0.2) is 0 Å². The van der Waals surface area contributed by atoms with Crippen LogP contribution in [0.1, 0.15) is 32.8 Å². The van der Waals surface area contributed by atoms with Gasteiger partial charge in [-0.2, -0.15) is 0 Å². The number of benzene rings is 1. The maximum Gasteiger partial charge on any atom is 0.230 e. The normalized spacial score (nSPS) is 12.9. The summed E-state index contributed by atoms with van der Waals surface area (Å²) >= 11 is 0. The molecule has 0 saturated carbocycles. The minimum Gasteiger partial charge on any atom is -0.496 e. The molecule has 0 spiro atoms. The zero-order chi connectivity index (χ0) is 14.5. The van der Waals surface area contributed by atoms with Gasteiger partial charge in [0.2, 0.25) is 5.91 Å². The van der Waals surface area contributed by atoms with Gasteiger partial charge in [0, 0.05) is 5.56 Å². The number of methoxy groups -OCH3 is 1. The number of rotatable bonds is 6. The van der Waals surface area contributed by atoms with Crippen LogP contribution in [0, 0.1) is 0 Å². The molecule has 0 aliphatic rings. The van der Waals surface area contributed by atoms with Crippen LogP contribution in [0.15, 0.2) is 24.3 Å². The Morgan fingerprint density at radius 1 is 1.42 bits per heavy atom. The van der Waals surface area contributed by atoms with E-state index < -0.39 is 5.41 Å². The molecule has 1 unspecified atom stereocenters. The first-order valence-corrected chi connectivity index (χ1v) is 6.52. The van der Waals surface area contributed by atoms with Gasteiger partial charge < -0.3 is 15.2 Å². The molecule has 2 N–H and O–H groups in total. The van der Waals surface area contributed by atoms with Crippen molar-refractivity contribution in [3.8, 4) is 5.75 Å². The molecule has 1 amide bonds. The topological polar surface area (TPSA) is 58.6 Å². The highest BCUT2D eigenvalue weighted by Gasteiger charge is 2.33. The van der Waals surface area contributed by atoms with E-state index in [0.717, 1.165) is 5.56 Å². The largest absolute Gasteiger partial charge is 0.496 e. The lowest BCUT2D eigenvalue weighted by molar-refractivity contribution is -0.126. The second kappa shape index (κ2) is 6.57. The molecule has 4 nitrogen and oxygen atoms in total. The molecular weight excluding hydrogens is 242 g/mol. The molecule has 19 heavy (non-hydrogen) atoms. The summed E-state index contributed by atoms with van der Waals surface area (Å²) in [6, 6.07) is 7.28. The molecule has 0 aliphatic heterocycles. The monoisotopic (exact) mass is 265 g/mol. The van der Waals surface area contributed by atoms with E-state index >= 15 is 0 Å². The van der Waals surface area contributed by atoms with Crippen molar-refractivity contribution in [2.24, 2.45) is 0 Å². The highest BCUT2D eigenvalue weighted by molar-refractivity contribution is 5.88. The van der Waals surface area contributed by atoms with Crippen LogP contribution in [0.25, 0.3) is 0 Å². The van der Waals surface area contributed by atoms with E-state index in [1.54, 1.807) is 7.11 Å². The average Bonchev–Trinajstić information content (AvgIpc) is 2.44. The fraction of sp³-hybridized carbons (Fsp3) is 0.533. The molecule has 1 aromatic rings. The number of aliphatic hydroxyl groups is 1. The molecule has 0 saturated heterocycles. The predicted molar refractivity (Wildman–Crippen MR) is 75.3 cm³/mol. The molecular formula is C15H23NO3. The molecule has 0 aliphatic carbocycles. The Balaban J connectivity index is 2.99. The summed E-state index contributed by atoms with van der Waals surface area (Å²) < 4.78 is 5.31. The van der Waals surface area contributed by atoms with Gasteiger partial charge in [-0.15, -0.1) is 0 Å². The third kappa shape index (κ3) is 3.47. The third-order valence-corrected chi connectivity index (χ3v) is 3.40. The van der Waals surface area contributed by atoms with Crippen LogP contribution in [-0.2, 0) is 10.2 Å². The lowest BCUT2D eigenvalue weighted by Crippen LogP contribution is -2.46. The maximum atomic E-state index is 12.4. The molecule has 0 fully saturated rings. The molecule has 0 bridgehead atoms. The number of hydrogen-bond donors (Lipinski definition) is 2. The van der Waals surface area contributed by atoms with Crippen molar-refractivity contribution in [2.75, 3.05) is 13.7 Å². The predicted octanol–water partition coefficient (Wildman–Crippen LogP) is 1.86. The van der Waals surface area contributed by atoms with Crippen molar-refractivity contribution in [1.82, 2.24) is 5.32 Å². The van der Waals surface area contributed by atoms with Crippen LogP contribution in [-0.4, -0.2) is 30.8 Å². The van der Waals surface area contributed by atoms with Gasteiger partial charge in [0.05, 0.1) is 25.2 Å². The van der Waals surface area contributed by atoms with Gasteiger partial charge in [0.1, 0.15) is 5.75 Å². The second-order valence-corrected chi connectivity index (χ2v) is 5.09. The highest BCUT2D eigenvalue weighted by Crippen LogP contribution is 2.31. The van der Waals surface area contributed by atoms with Gasteiger partial charge in [-0.1, -0.05) is 25.1 Å². The number of amides is 1. The summed E-state index contributed by atoms with van der Waals surface area (Å²) in [5, 5.41) is 12.0. The average molecular weight is 265 g/mol. The summed E-state index contributed by atoms with van der Waals surface area (Å²) in [4.78, 5) is 12.4. The lowest BCUT2D eigenvalue weighted by atomic mass is 9.82. The first-order valence-electron chi connectivity index (χ1n) is 6.52. The Hall–Kier alpha value is -1.55. The molecule has 0 heterocycles. The van der Waals surface area contributed by atoms with Crippen LogP contribution in [0.2, 0.25) is 0 Å². The second-order valence-electron chi connectivity index (χ2n) is 5.09. The van der Waals surface area contributed by atoms with Crippen molar-refractivity contribution in [3.63, 3.8) is 0 Å². The minimum absolute atomic E-state index is 0.0513. The first-order chi connectivity index (χ1) is 8.97. The number of hydrogen-bond acceptors (Lipinski definition) is 3. The van der Waals surface area contributed by atoms with Crippen molar-refractivity contribution >= 4 is 5.91 Å². The molecule has 1 atom stereocenters. The van der Waals surface area contributed by atoms with Gasteiger partial charge in [-0.05, 0) is 26.3 Å². The number of carbonyl (C=O) groups is 1. The Morgan fingerprint density at radius 3 is 2.58 bits per heavy atom.